The smallest absolute Gasteiger partial charge is 0.189 e. The van der Waals surface area contributed by atoms with Gasteiger partial charge in [-0.1, -0.05) is 34.4 Å². The summed E-state index contributed by atoms with van der Waals surface area (Å²) in [6, 6.07) is 7.16. The van der Waals surface area contributed by atoms with Crippen molar-refractivity contribution in [3.63, 3.8) is 0 Å². The number of rotatable bonds is 4. The molecule has 7 heteroatoms. The summed E-state index contributed by atoms with van der Waals surface area (Å²) in [4.78, 5) is 4.10. The van der Waals surface area contributed by atoms with Gasteiger partial charge in [-0.3, -0.25) is 4.98 Å². The summed E-state index contributed by atoms with van der Waals surface area (Å²) >= 11 is 12.3. The van der Waals surface area contributed by atoms with Crippen molar-refractivity contribution in [3.05, 3.63) is 57.3 Å². The van der Waals surface area contributed by atoms with Gasteiger partial charge in [-0.2, -0.15) is 0 Å². The number of hydrogen-bond acceptors (Lipinski definition) is 4. The van der Waals surface area contributed by atoms with Gasteiger partial charge in [-0.25, -0.2) is 0 Å². The number of nitrogens with two attached hydrogens (primary N) is 1. The Morgan fingerprint density at radius 1 is 1.38 bits per heavy atom. The van der Waals surface area contributed by atoms with Gasteiger partial charge in [0, 0.05) is 23.3 Å². The molecular weight excluding hydrogens is 311 g/mol. The summed E-state index contributed by atoms with van der Waals surface area (Å²) in [6.45, 7) is 2.30. The first-order valence-corrected chi connectivity index (χ1v) is 6.90. The minimum atomic E-state index is -0.0413. The van der Waals surface area contributed by atoms with Gasteiger partial charge in [-0.05, 0) is 30.7 Å². The zero-order chi connectivity index (χ0) is 15.4. The zero-order valence-corrected chi connectivity index (χ0v) is 12.8. The van der Waals surface area contributed by atoms with E-state index in [9.17, 15) is 0 Å². The topological polar surface area (TPSA) is 83.5 Å². The monoisotopic (exact) mass is 324 g/mol. The number of benzene rings is 1. The molecule has 1 aromatic carbocycles. The van der Waals surface area contributed by atoms with Crippen LogP contribution in [0.4, 0.5) is 5.69 Å². The Hall–Kier alpha value is -1.98. The van der Waals surface area contributed by atoms with E-state index in [4.69, 9.17) is 34.1 Å². The maximum Gasteiger partial charge on any atom is 0.189 e. The third-order valence-electron chi connectivity index (χ3n) is 2.96. The number of anilines is 1. The quantitative estimate of drug-likeness (QED) is 0.348. The molecule has 0 bridgehead atoms. The first-order valence-electron chi connectivity index (χ1n) is 6.14. The van der Waals surface area contributed by atoms with Crippen LogP contribution in [-0.4, -0.2) is 16.0 Å². The molecule has 0 radical (unpaired) electrons. The van der Waals surface area contributed by atoms with Crippen LogP contribution in [0.2, 0.25) is 10.0 Å². The van der Waals surface area contributed by atoms with Crippen LogP contribution in [-0.2, 0) is 6.54 Å². The molecule has 0 aliphatic carbocycles. The van der Waals surface area contributed by atoms with Gasteiger partial charge in [0.25, 0.3) is 0 Å². The molecule has 0 unspecified atom stereocenters. The second kappa shape index (κ2) is 6.65. The lowest BCUT2D eigenvalue weighted by Crippen LogP contribution is -2.18. The van der Waals surface area contributed by atoms with Gasteiger partial charge >= 0.3 is 0 Å². The van der Waals surface area contributed by atoms with Crippen molar-refractivity contribution in [2.24, 2.45) is 10.9 Å². The molecule has 0 spiro atoms. The highest BCUT2D eigenvalue weighted by Gasteiger charge is 2.09. The summed E-state index contributed by atoms with van der Waals surface area (Å²) in [6.07, 6.45) is 1.58. The highest BCUT2D eigenvalue weighted by Crippen LogP contribution is 2.29. The predicted octanol–water partition coefficient (Wildman–Crippen LogP) is 3.40. The number of aromatic nitrogens is 1. The minimum Gasteiger partial charge on any atom is -0.409 e. The summed E-state index contributed by atoms with van der Waals surface area (Å²) in [5, 5.41) is 16.1. The number of halogens is 2. The van der Waals surface area contributed by atoms with Crippen LogP contribution >= 0.6 is 23.2 Å². The van der Waals surface area contributed by atoms with Crippen LogP contribution in [0, 0.1) is 6.92 Å². The zero-order valence-electron chi connectivity index (χ0n) is 11.3. The molecule has 1 heterocycles. The first-order chi connectivity index (χ1) is 10.0. The number of nitrogens with one attached hydrogen (secondary N) is 1. The normalized spacial score (nSPS) is 11.5. The van der Waals surface area contributed by atoms with E-state index in [1.807, 2.05) is 13.0 Å². The Balaban J connectivity index is 2.23. The Labute approximate surface area is 132 Å². The molecule has 4 N–H and O–H groups in total. The molecule has 0 aliphatic rings. The largest absolute Gasteiger partial charge is 0.409 e. The fourth-order valence-corrected chi connectivity index (χ4v) is 2.28. The molecule has 1 aromatic heterocycles. The van der Waals surface area contributed by atoms with E-state index < -0.39 is 0 Å². The van der Waals surface area contributed by atoms with Gasteiger partial charge in [0.15, 0.2) is 5.84 Å². The third-order valence-corrected chi connectivity index (χ3v) is 3.68. The summed E-state index contributed by atoms with van der Waals surface area (Å²) in [5.41, 5.74) is 8.42. The molecule has 0 fully saturated rings. The second-order valence-corrected chi connectivity index (χ2v) is 5.25. The van der Waals surface area contributed by atoms with Crippen molar-refractivity contribution in [1.82, 2.24) is 4.98 Å². The highest BCUT2D eigenvalue weighted by atomic mass is 35.5. The number of aryl methyl sites for hydroxylation is 1. The molecule has 2 rings (SSSR count). The number of hydrogen-bond donors (Lipinski definition) is 3. The lowest BCUT2D eigenvalue weighted by molar-refractivity contribution is 0.318. The number of nitrogens with zero attached hydrogens (tertiary/aromatic N) is 2. The van der Waals surface area contributed by atoms with Gasteiger partial charge in [-0.15, -0.1) is 0 Å². The molecular formula is C14H14Cl2N4O. The Morgan fingerprint density at radius 2 is 2.14 bits per heavy atom. The summed E-state index contributed by atoms with van der Waals surface area (Å²) in [5.74, 6) is -0.0413. The van der Waals surface area contributed by atoms with Crippen molar-refractivity contribution in [2.45, 2.75) is 13.5 Å². The molecule has 5 nitrogen and oxygen atoms in total. The standard InChI is InChI=1S/C14H14Cl2N4O/c1-8-5-11(16)12(6-10(8)15)19-7-9-3-2-4-18-13(9)14(17)20-21/h2-6,19,21H,7H2,1H3,(H2,17,20). The van der Waals surface area contributed by atoms with Gasteiger partial charge < -0.3 is 16.3 Å². The van der Waals surface area contributed by atoms with E-state index in [1.54, 1.807) is 24.4 Å². The predicted molar refractivity (Wildman–Crippen MR) is 85.3 cm³/mol. The van der Waals surface area contributed by atoms with Crippen molar-refractivity contribution >= 4 is 34.7 Å². The molecule has 0 aliphatic heterocycles. The minimum absolute atomic E-state index is 0.0413. The summed E-state index contributed by atoms with van der Waals surface area (Å²) < 4.78 is 0. The van der Waals surface area contributed by atoms with E-state index in [2.05, 4.69) is 15.5 Å². The second-order valence-electron chi connectivity index (χ2n) is 4.43. The van der Waals surface area contributed by atoms with Crippen LogP contribution in [0.1, 0.15) is 16.8 Å². The number of amidine groups is 1. The van der Waals surface area contributed by atoms with Crippen LogP contribution in [0.15, 0.2) is 35.6 Å². The number of pyridine rings is 1. The van der Waals surface area contributed by atoms with Crippen LogP contribution in [0.5, 0.6) is 0 Å². The van der Waals surface area contributed by atoms with Crippen molar-refractivity contribution in [1.29, 1.82) is 0 Å². The third kappa shape index (κ3) is 3.56. The van der Waals surface area contributed by atoms with Crippen LogP contribution in [0.3, 0.4) is 0 Å². The average Bonchev–Trinajstić information content (AvgIpc) is 2.49. The van der Waals surface area contributed by atoms with Gasteiger partial charge in [0.2, 0.25) is 0 Å². The van der Waals surface area contributed by atoms with Gasteiger partial charge in [0.1, 0.15) is 5.69 Å². The van der Waals surface area contributed by atoms with E-state index in [0.29, 0.717) is 28.0 Å². The molecule has 0 saturated heterocycles. The Bertz CT molecular complexity index is 689. The van der Waals surface area contributed by atoms with Crippen molar-refractivity contribution in [2.75, 3.05) is 5.32 Å². The maximum atomic E-state index is 8.77. The van der Waals surface area contributed by atoms with Gasteiger partial charge in [0.05, 0.1) is 10.7 Å². The lowest BCUT2D eigenvalue weighted by atomic mass is 10.1. The SMILES string of the molecule is Cc1cc(Cl)c(NCc2cccnc2/C(N)=N/O)cc1Cl. The molecule has 0 saturated carbocycles. The molecule has 0 atom stereocenters. The highest BCUT2D eigenvalue weighted by molar-refractivity contribution is 6.35. The first kappa shape index (κ1) is 15.4. The van der Waals surface area contributed by atoms with Crippen molar-refractivity contribution in [3.8, 4) is 0 Å². The Morgan fingerprint density at radius 3 is 2.86 bits per heavy atom. The van der Waals surface area contributed by atoms with Crippen molar-refractivity contribution < 1.29 is 5.21 Å². The van der Waals surface area contributed by atoms with Crippen LogP contribution in [0.25, 0.3) is 0 Å². The van der Waals surface area contributed by atoms with E-state index in [0.717, 1.165) is 11.1 Å². The fourth-order valence-electron chi connectivity index (χ4n) is 1.83. The van der Waals surface area contributed by atoms with Crippen LogP contribution < -0.4 is 11.1 Å². The molecule has 21 heavy (non-hydrogen) atoms. The summed E-state index contributed by atoms with van der Waals surface area (Å²) in [7, 11) is 0. The van der Waals surface area contributed by atoms with E-state index in [-0.39, 0.29) is 5.84 Å². The maximum absolute atomic E-state index is 8.77. The van der Waals surface area contributed by atoms with E-state index in [1.165, 1.54) is 0 Å². The Kier molecular flexibility index (Phi) is 4.88. The number of oxime groups is 1. The molecule has 110 valence electrons. The lowest BCUT2D eigenvalue weighted by Gasteiger charge is -2.12. The average molecular weight is 325 g/mol. The van der Waals surface area contributed by atoms with E-state index >= 15 is 0 Å². The molecule has 2 aromatic rings. The molecule has 0 amide bonds. The fraction of sp³-hybridized carbons (Fsp3) is 0.143.